The molecule has 7 nitrogen and oxygen atoms in total. The molecule has 0 aliphatic carbocycles. The summed E-state index contributed by atoms with van der Waals surface area (Å²) >= 11 is 0. The van der Waals surface area contributed by atoms with Crippen molar-refractivity contribution in [3.8, 4) is 5.75 Å². The van der Waals surface area contributed by atoms with Gasteiger partial charge in [0.25, 0.3) is 5.91 Å². The molecule has 0 aromatic heterocycles. The van der Waals surface area contributed by atoms with Gasteiger partial charge in [0.1, 0.15) is 5.75 Å². The Balaban J connectivity index is 1.83. The lowest BCUT2D eigenvalue weighted by Crippen LogP contribution is -2.48. The Kier molecular flexibility index (Phi) is 6.56. The van der Waals surface area contributed by atoms with Gasteiger partial charge in [0.15, 0.2) is 0 Å². The maximum Gasteiger partial charge on any atom is 0.255 e. The number of ether oxygens (including phenoxy) is 2. The average Bonchev–Trinajstić information content (AvgIpc) is 2.69. The second kappa shape index (κ2) is 8.94. The second-order valence-corrected chi connectivity index (χ2v) is 8.93. The van der Waals surface area contributed by atoms with E-state index in [1.54, 1.807) is 30.3 Å². The van der Waals surface area contributed by atoms with Crippen molar-refractivity contribution in [1.82, 2.24) is 4.31 Å². The standard InChI is InChI=1S/C21H26N2O5S/c1-4-27-20-11-6-5-10-19(20)22-21(24)17-8-7-9-18(12-17)29(25,26)23-13-15(2)28-16(3)14-23/h5-12,15-16H,4,13-14H2,1-3H3,(H,22,24)/t15-,16-/m0/s1. The number of hydrogen-bond acceptors (Lipinski definition) is 5. The van der Waals surface area contributed by atoms with Crippen molar-refractivity contribution in [2.75, 3.05) is 25.0 Å². The Morgan fingerprint density at radius 1 is 1.14 bits per heavy atom. The molecule has 1 amide bonds. The van der Waals surface area contributed by atoms with Crippen LogP contribution in [0.1, 0.15) is 31.1 Å². The van der Waals surface area contributed by atoms with E-state index < -0.39 is 15.9 Å². The van der Waals surface area contributed by atoms with Gasteiger partial charge in [-0.1, -0.05) is 18.2 Å². The fraction of sp³-hybridized carbons (Fsp3) is 0.381. The van der Waals surface area contributed by atoms with E-state index in [2.05, 4.69) is 5.32 Å². The van der Waals surface area contributed by atoms with Crippen LogP contribution in [0, 0.1) is 0 Å². The number of sulfonamides is 1. The van der Waals surface area contributed by atoms with E-state index in [4.69, 9.17) is 9.47 Å². The molecule has 2 aromatic carbocycles. The van der Waals surface area contributed by atoms with Gasteiger partial charge in [-0.15, -0.1) is 0 Å². The van der Waals surface area contributed by atoms with Gasteiger partial charge in [0.05, 0.1) is 29.4 Å². The maximum absolute atomic E-state index is 13.1. The fourth-order valence-corrected chi connectivity index (χ4v) is 4.96. The molecule has 1 saturated heterocycles. The lowest BCUT2D eigenvalue weighted by atomic mass is 10.2. The predicted molar refractivity (Wildman–Crippen MR) is 111 cm³/mol. The number of morpholine rings is 1. The molecule has 29 heavy (non-hydrogen) atoms. The van der Waals surface area contributed by atoms with Crippen LogP contribution in [0.2, 0.25) is 0 Å². The first-order valence-corrected chi connectivity index (χ1v) is 11.0. The van der Waals surface area contributed by atoms with Crippen LogP contribution in [0.3, 0.4) is 0 Å². The van der Waals surface area contributed by atoms with E-state index in [0.717, 1.165) is 0 Å². The number of hydrogen-bond donors (Lipinski definition) is 1. The van der Waals surface area contributed by atoms with E-state index in [-0.39, 0.29) is 35.8 Å². The maximum atomic E-state index is 13.1. The largest absolute Gasteiger partial charge is 0.492 e. The van der Waals surface area contributed by atoms with Gasteiger partial charge in [0.2, 0.25) is 10.0 Å². The molecule has 1 heterocycles. The van der Waals surface area contributed by atoms with Crippen LogP contribution in [0.5, 0.6) is 5.75 Å². The van der Waals surface area contributed by atoms with Crippen LogP contribution in [-0.4, -0.2) is 50.5 Å². The molecule has 0 unspecified atom stereocenters. The van der Waals surface area contributed by atoms with Crippen LogP contribution in [0.15, 0.2) is 53.4 Å². The number of carbonyl (C=O) groups is 1. The number of para-hydroxylation sites is 2. The first kappa shape index (κ1) is 21.3. The Morgan fingerprint density at radius 3 is 2.52 bits per heavy atom. The molecule has 2 atom stereocenters. The smallest absolute Gasteiger partial charge is 0.255 e. The zero-order chi connectivity index (χ0) is 21.0. The van der Waals surface area contributed by atoms with Gasteiger partial charge in [-0.25, -0.2) is 8.42 Å². The number of rotatable bonds is 6. The molecule has 0 radical (unpaired) electrons. The van der Waals surface area contributed by atoms with Crippen molar-refractivity contribution in [2.24, 2.45) is 0 Å². The molecule has 0 saturated carbocycles. The minimum absolute atomic E-state index is 0.0875. The molecule has 3 rings (SSSR count). The zero-order valence-electron chi connectivity index (χ0n) is 16.8. The lowest BCUT2D eigenvalue weighted by molar-refractivity contribution is -0.0440. The summed E-state index contributed by atoms with van der Waals surface area (Å²) in [6.07, 6.45) is -0.370. The highest BCUT2D eigenvalue weighted by atomic mass is 32.2. The Morgan fingerprint density at radius 2 is 1.83 bits per heavy atom. The third-order valence-electron chi connectivity index (χ3n) is 4.56. The summed E-state index contributed by atoms with van der Waals surface area (Å²) in [5, 5.41) is 2.79. The molecular formula is C21H26N2O5S. The zero-order valence-corrected chi connectivity index (χ0v) is 17.6. The quantitative estimate of drug-likeness (QED) is 0.779. The highest BCUT2D eigenvalue weighted by molar-refractivity contribution is 7.89. The first-order chi connectivity index (χ1) is 13.8. The topological polar surface area (TPSA) is 84.9 Å². The lowest BCUT2D eigenvalue weighted by Gasteiger charge is -2.34. The molecule has 8 heteroatoms. The number of anilines is 1. The summed E-state index contributed by atoms with van der Waals surface area (Å²) in [5.74, 6) is 0.154. The van der Waals surface area contributed by atoms with Crippen LogP contribution < -0.4 is 10.1 Å². The summed E-state index contributed by atoms with van der Waals surface area (Å²) < 4.78 is 38.7. The second-order valence-electron chi connectivity index (χ2n) is 6.99. The Bertz CT molecular complexity index is 967. The van der Waals surface area contributed by atoms with Crippen LogP contribution in [-0.2, 0) is 14.8 Å². The summed E-state index contributed by atoms with van der Waals surface area (Å²) in [4.78, 5) is 12.8. The molecule has 1 N–H and O–H groups in total. The van der Waals surface area contributed by atoms with Gasteiger partial charge in [-0.05, 0) is 51.1 Å². The number of nitrogens with zero attached hydrogens (tertiary/aromatic N) is 1. The predicted octanol–water partition coefficient (Wildman–Crippen LogP) is 3.14. The van der Waals surface area contributed by atoms with Crippen molar-refractivity contribution >= 4 is 21.6 Å². The van der Waals surface area contributed by atoms with Gasteiger partial charge < -0.3 is 14.8 Å². The van der Waals surface area contributed by atoms with E-state index in [9.17, 15) is 13.2 Å². The summed E-state index contributed by atoms with van der Waals surface area (Å²) in [7, 11) is -3.72. The Hall–Kier alpha value is -2.42. The molecule has 1 aliphatic rings. The van der Waals surface area contributed by atoms with Crippen molar-refractivity contribution < 1.29 is 22.7 Å². The number of benzene rings is 2. The fourth-order valence-electron chi connectivity index (χ4n) is 3.32. The van der Waals surface area contributed by atoms with Crippen LogP contribution >= 0.6 is 0 Å². The SMILES string of the molecule is CCOc1ccccc1NC(=O)c1cccc(S(=O)(=O)N2C[C@H](C)O[C@@H](C)C2)c1. The van der Waals surface area contributed by atoms with E-state index in [1.165, 1.54) is 16.4 Å². The first-order valence-electron chi connectivity index (χ1n) is 9.60. The van der Waals surface area contributed by atoms with Crippen molar-refractivity contribution in [3.63, 3.8) is 0 Å². The normalized spacial score (nSPS) is 20.2. The summed E-state index contributed by atoms with van der Waals surface area (Å²) in [6, 6.07) is 13.2. The Labute approximate surface area is 171 Å². The summed E-state index contributed by atoms with van der Waals surface area (Å²) in [6.45, 7) is 6.59. The molecule has 2 aromatic rings. The average molecular weight is 419 g/mol. The molecule has 1 fully saturated rings. The van der Waals surface area contributed by atoms with Crippen molar-refractivity contribution in [1.29, 1.82) is 0 Å². The van der Waals surface area contributed by atoms with E-state index in [1.807, 2.05) is 26.8 Å². The highest BCUT2D eigenvalue weighted by Gasteiger charge is 2.32. The van der Waals surface area contributed by atoms with Crippen molar-refractivity contribution in [3.05, 3.63) is 54.1 Å². The third-order valence-corrected chi connectivity index (χ3v) is 6.38. The van der Waals surface area contributed by atoms with Gasteiger partial charge in [-0.2, -0.15) is 4.31 Å². The molecule has 1 aliphatic heterocycles. The molecule has 0 bridgehead atoms. The number of amides is 1. The highest BCUT2D eigenvalue weighted by Crippen LogP contribution is 2.25. The van der Waals surface area contributed by atoms with Crippen LogP contribution in [0.4, 0.5) is 5.69 Å². The van der Waals surface area contributed by atoms with Crippen molar-refractivity contribution in [2.45, 2.75) is 37.9 Å². The van der Waals surface area contributed by atoms with Crippen LogP contribution in [0.25, 0.3) is 0 Å². The minimum atomic E-state index is -3.72. The van der Waals surface area contributed by atoms with E-state index in [0.29, 0.717) is 18.0 Å². The monoisotopic (exact) mass is 418 g/mol. The minimum Gasteiger partial charge on any atom is -0.492 e. The molecule has 0 spiro atoms. The summed E-state index contributed by atoms with van der Waals surface area (Å²) in [5.41, 5.74) is 0.787. The van der Waals surface area contributed by atoms with Gasteiger partial charge in [0, 0.05) is 18.7 Å². The molecular weight excluding hydrogens is 392 g/mol. The van der Waals surface area contributed by atoms with Gasteiger partial charge >= 0.3 is 0 Å². The number of carbonyl (C=O) groups excluding carboxylic acids is 1. The molecule has 156 valence electrons. The van der Waals surface area contributed by atoms with E-state index >= 15 is 0 Å². The van der Waals surface area contributed by atoms with Gasteiger partial charge in [-0.3, -0.25) is 4.79 Å². The number of nitrogens with one attached hydrogen (secondary N) is 1. The third kappa shape index (κ3) is 4.95.